The molecule has 6 nitrogen and oxygen atoms in total. The summed E-state index contributed by atoms with van der Waals surface area (Å²) >= 11 is 0. The molecule has 0 bridgehead atoms. The summed E-state index contributed by atoms with van der Waals surface area (Å²) in [6, 6.07) is 23.3. The molecule has 3 aromatic carbocycles. The third-order valence-electron chi connectivity index (χ3n) is 9.06. The van der Waals surface area contributed by atoms with Crippen molar-refractivity contribution < 1.29 is 14.3 Å². The van der Waals surface area contributed by atoms with Crippen LogP contribution < -0.4 is 10.5 Å². The molecule has 214 valence electrons. The molecule has 1 saturated carbocycles. The van der Waals surface area contributed by atoms with Crippen molar-refractivity contribution in [3.8, 4) is 16.9 Å². The lowest BCUT2D eigenvalue weighted by Gasteiger charge is -2.47. The Labute approximate surface area is 243 Å². The van der Waals surface area contributed by atoms with E-state index in [2.05, 4.69) is 44.7 Å². The lowest BCUT2D eigenvalue weighted by molar-refractivity contribution is -0.133. The van der Waals surface area contributed by atoms with Crippen LogP contribution in [-0.4, -0.2) is 35.2 Å². The number of carbonyl (C=O) groups excluding carboxylic acids is 2. The van der Waals surface area contributed by atoms with Gasteiger partial charge in [-0.05, 0) is 84.4 Å². The lowest BCUT2D eigenvalue weighted by Crippen LogP contribution is -2.51. The monoisotopic (exact) mass is 551 g/mol. The van der Waals surface area contributed by atoms with Crippen LogP contribution in [0.4, 0.5) is 0 Å². The standard InChI is InChI=1S/C35H41N3O3/c1-6-30(25-9-13-27(14-10-25)32(36)39)38-33(40)31(37-35(38)21-19-28(20-22-35)34(2,3)4)26-11-7-23(8-12-26)24-15-17-29(41-5)18-16-24/h7-18,28,30H,6,19-22H2,1-5H3,(H2,36,39). The molecule has 2 aliphatic rings. The van der Waals surface area contributed by atoms with Crippen molar-refractivity contribution in [2.24, 2.45) is 22.1 Å². The van der Waals surface area contributed by atoms with Crippen molar-refractivity contribution in [1.29, 1.82) is 0 Å². The highest BCUT2D eigenvalue weighted by Crippen LogP contribution is 2.49. The second-order valence-electron chi connectivity index (χ2n) is 12.5. The van der Waals surface area contributed by atoms with Crippen LogP contribution in [-0.2, 0) is 4.79 Å². The first-order valence-corrected chi connectivity index (χ1v) is 14.6. The summed E-state index contributed by atoms with van der Waals surface area (Å²) < 4.78 is 5.29. The normalized spacial score (nSPS) is 21.6. The molecule has 1 aliphatic carbocycles. The van der Waals surface area contributed by atoms with Crippen molar-refractivity contribution in [3.63, 3.8) is 0 Å². The van der Waals surface area contributed by atoms with E-state index >= 15 is 0 Å². The molecule has 5 rings (SSSR count). The quantitative estimate of drug-likeness (QED) is 0.338. The molecular weight excluding hydrogens is 510 g/mol. The first-order chi connectivity index (χ1) is 19.6. The van der Waals surface area contributed by atoms with Crippen molar-refractivity contribution in [2.45, 2.75) is 71.5 Å². The van der Waals surface area contributed by atoms with Gasteiger partial charge in [-0.25, -0.2) is 0 Å². The highest BCUT2D eigenvalue weighted by Gasteiger charge is 2.52. The summed E-state index contributed by atoms with van der Waals surface area (Å²) in [5.41, 5.74) is 10.1. The van der Waals surface area contributed by atoms with Gasteiger partial charge in [0.25, 0.3) is 5.91 Å². The van der Waals surface area contributed by atoms with Gasteiger partial charge in [-0.15, -0.1) is 0 Å². The SMILES string of the molecule is CCC(c1ccc(C(N)=O)cc1)N1C(=O)C(c2ccc(-c3ccc(OC)cc3)cc2)=NC12CCC(C(C)(C)C)CC2. The molecule has 1 heterocycles. The number of methoxy groups -OCH3 is 1. The smallest absolute Gasteiger partial charge is 0.275 e. The van der Waals surface area contributed by atoms with Crippen LogP contribution in [0.3, 0.4) is 0 Å². The number of primary amides is 1. The fourth-order valence-corrected chi connectivity index (χ4v) is 6.57. The Morgan fingerprint density at radius 1 is 0.951 bits per heavy atom. The largest absolute Gasteiger partial charge is 0.497 e. The van der Waals surface area contributed by atoms with Gasteiger partial charge in [-0.2, -0.15) is 0 Å². The maximum Gasteiger partial charge on any atom is 0.275 e. The minimum atomic E-state index is -0.578. The van der Waals surface area contributed by atoms with Gasteiger partial charge in [0, 0.05) is 11.1 Å². The number of rotatable bonds is 7. The molecular formula is C35H41N3O3. The minimum absolute atomic E-state index is 0.0257. The Bertz CT molecular complexity index is 1430. The average Bonchev–Trinajstić information content (AvgIpc) is 3.24. The third kappa shape index (κ3) is 5.52. The number of amides is 2. The summed E-state index contributed by atoms with van der Waals surface area (Å²) in [6.45, 7) is 9.03. The minimum Gasteiger partial charge on any atom is -0.497 e. The van der Waals surface area contributed by atoms with E-state index in [0.717, 1.165) is 60.1 Å². The maximum atomic E-state index is 14.3. The predicted molar refractivity (Wildman–Crippen MR) is 164 cm³/mol. The Morgan fingerprint density at radius 3 is 1.98 bits per heavy atom. The Hall–Kier alpha value is -3.93. The topological polar surface area (TPSA) is 85.0 Å². The summed E-state index contributed by atoms with van der Waals surface area (Å²) in [4.78, 5) is 33.4. The second-order valence-corrected chi connectivity index (χ2v) is 12.5. The van der Waals surface area contributed by atoms with E-state index < -0.39 is 11.6 Å². The molecule has 0 aromatic heterocycles. The molecule has 1 aliphatic heterocycles. The number of nitrogens with zero attached hydrogens (tertiary/aromatic N) is 2. The molecule has 0 saturated heterocycles. The van der Waals surface area contributed by atoms with Crippen LogP contribution in [0.15, 0.2) is 77.8 Å². The van der Waals surface area contributed by atoms with Gasteiger partial charge in [-0.3, -0.25) is 14.6 Å². The van der Waals surface area contributed by atoms with Crippen LogP contribution in [0, 0.1) is 11.3 Å². The molecule has 1 unspecified atom stereocenters. The van der Waals surface area contributed by atoms with E-state index in [4.69, 9.17) is 15.5 Å². The predicted octanol–water partition coefficient (Wildman–Crippen LogP) is 7.18. The van der Waals surface area contributed by atoms with Gasteiger partial charge >= 0.3 is 0 Å². The van der Waals surface area contributed by atoms with Gasteiger partial charge in [0.2, 0.25) is 5.91 Å². The Kier molecular flexibility index (Phi) is 7.78. The highest BCUT2D eigenvalue weighted by molar-refractivity contribution is 6.46. The van der Waals surface area contributed by atoms with E-state index in [1.165, 1.54) is 0 Å². The van der Waals surface area contributed by atoms with Crippen LogP contribution in [0.25, 0.3) is 11.1 Å². The molecule has 1 atom stereocenters. The van der Waals surface area contributed by atoms with Gasteiger partial charge in [0.05, 0.1) is 13.2 Å². The van der Waals surface area contributed by atoms with Crippen molar-refractivity contribution in [3.05, 3.63) is 89.5 Å². The zero-order chi connectivity index (χ0) is 29.4. The molecule has 1 spiro atoms. The lowest BCUT2D eigenvalue weighted by atomic mass is 9.69. The van der Waals surface area contributed by atoms with Crippen molar-refractivity contribution in [2.75, 3.05) is 7.11 Å². The van der Waals surface area contributed by atoms with E-state index in [1.54, 1.807) is 19.2 Å². The molecule has 3 aromatic rings. The molecule has 2 amide bonds. The van der Waals surface area contributed by atoms with E-state index in [0.29, 0.717) is 17.2 Å². The first kappa shape index (κ1) is 28.6. The van der Waals surface area contributed by atoms with E-state index in [-0.39, 0.29) is 17.4 Å². The zero-order valence-electron chi connectivity index (χ0n) is 24.8. The summed E-state index contributed by atoms with van der Waals surface area (Å²) in [7, 11) is 1.66. The van der Waals surface area contributed by atoms with Crippen LogP contribution >= 0.6 is 0 Å². The second kappa shape index (κ2) is 11.2. The van der Waals surface area contributed by atoms with Crippen molar-refractivity contribution >= 4 is 17.5 Å². The first-order valence-electron chi connectivity index (χ1n) is 14.6. The number of hydrogen-bond acceptors (Lipinski definition) is 4. The fraction of sp³-hybridized carbons (Fsp3) is 0.400. The van der Waals surface area contributed by atoms with E-state index in [9.17, 15) is 9.59 Å². The number of ether oxygens (including phenoxy) is 1. The number of nitrogens with two attached hydrogens (primary N) is 1. The number of benzene rings is 3. The Balaban J connectivity index is 1.50. The third-order valence-corrected chi connectivity index (χ3v) is 9.06. The van der Waals surface area contributed by atoms with Crippen LogP contribution in [0.2, 0.25) is 0 Å². The van der Waals surface area contributed by atoms with Gasteiger partial charge in [0.15, 0.2) is 0 Å². The van der Waals surface area contributed by atoms with Crippen LogP contribution in [0.1, 0.15) is 87.3 Å². The number of aliphatic imine (C=N–C) groups is 1. The van der Waals surface area contributed by atoms with Crippen LogP contribution in [0.5, 0.6) is 5.75 Å². The molecule has 0 radical (unpaired) electrons. The zero-order valence-corrected chi connectivity index (χ0v) is 24.8. The number of carbonyl (C=O) groups is 2. The Morgan fingerprint density at radius 2 is 1.49 bits per heavy atom. The molecule has 2 N–H and O–H groups in total. The van der Waals surface area contributed by atoms with E-state index in [1.807, 2.05) is 48.5 Å². The average molecular weight is 552 g/mol. The summed E-state index contributed by atoms with van der Waals surface area (Å²) in [5.74, 6) is 0.922. The van der Waals surface area contributed by atoms with Gasteiger partial charge in [-0.1, -0.05) is 76.2 Å². The summed E-state index contributed by atoms with van der Waals surface area (Å²) in [5, 5.41) is 0. The van der Waals surface area contributed by atoms with Gasteiger partial charge < -0.3 is 15.4 Å². The number of hydrogen-bond donors (Lipinski definition) is 1. The molecule has 1 fully saturated rings. The molecule has 6 heteroatoms. The maximum absolute atomic E-state index is 14.3. The molecule has 41 heavy (non-hydrogen) atoms. The highest BCUT2D eigenvalue weighted by atomic mass is 16.5. The van der Waals surface area contributed by atoms with Crippen molar-refractivity contribution in [1.82, 2.24) is 4.90 Å². The fourth-order valence-electron chi connectivity index (χ4n) is 6.57. The van der Waals surface area contributed by atoms with Gasteiger partial charge in [0.1, 0.15) is 17.1 Å². The summed E-state index contributed by atoms with van der Waals surface area (Å²) in [6.07, 6.45) is 4.47.